The summed E-state index contributed by atoms with van der Waals surface area (Å²) in [5, 5.41) is 3.98. The molecule has 0 bridgehead atoms. The van der Waals surface area contributed by atoms with Gasteiger partial charge in [0.25, 0.3) is 0 Å². The number of halogens is 3. The van der Waals surface area contributed by atoms with Crippen LogP contribution in [-0.4, -0.2) is 16.1 Å². The van der Waals surface area contributed by atoms with Crippen molar-refractivity contribution < 1.29 is 17.7 Å². The molecule has 0 N–H and O–H groups in total. The second-order valence-electron chi connectivity index (χ2n) is 6.51. The first-order valence-electron chi connectivity index (χ1n) is 8.12. The predicted octanol–water partition coefficient (Wildman–Crippen LogP) is 5.04. The van der Waals surface area contributed by atoms with Gasteiger partial charge in [0.2, 0.25) is 0 Å². The molecule has 2 aromatic rings. The summed E-state index contributed by atoms with van der Waals surface area (Å²) in [5.74, 6) is 0.773. The van der Waals surface area contributed by atoms with Gasteiger partial charge in [-0.15, -0.1) is 0 Å². The lowest BCUT2D eigenvalue weighted by atomic mass is 10.0. The molecule has 0 radical (unpaired) electrons. The third kappa shape index (κ3) is 3.48. The van der Waals surface area contributed by atoms with Gasteiger partial charge in [0.05, 0.1) is 11.3 Å². The fourth-order valence-electron chi connectivity index (χ4n) is 3.06. The van der Waals surface area contributed by atoms with E-state index in [1.807, 2.05) is 20.8 Å². The summed E-state index contributed by atoms with van der Waals surface area (Å²) in [7, 11) is 0. The first-order chi connectivity index (χ1) is 11.3. The molecule has 1 atom stereocenters. The molecule has 1 saturated carbocycles. The van der Waals surface area contributed by atoms with Gasteiger partial charge in [0.15, 0.2) is 0 Å². The summed E-state index contributed by atoms with van der Waals surface area (Å²) in [6.07, 6.45) is -2.17. The van der Waals surface area contributed by atoms with Crippen molar-refractivity contribution >= 4 is 0 Å². The second-order valence-corrected chi connectivity index (χ2v) is 6.51. The molecule has 130 valence electrons. The maximum atomic E-state index is 13.0. The van der Waals surface area contributed by atoms with Crippen LogP contribution in [-0.2, 0) is 12.7 Å². The molecule has 3 nitrogen and oxygen atoms in total. The highest BCUT2D eigenvalue weighted by Gasteiger charge is 2.35. The van der Waals surface area contributed by atoms with Crippen LogP contribution in [0.2, 0.25) is 0 Å². The van der Waals surface area contributed by atoms with E-state index < -0.39 is 11.7 Å². The number of hydrogen-bond acceptors (Lipinski definition) is 3. The third-order valence-corrected chi connectivity index (χ3v) is 4.73. The van der Waals surface area contributed by atoms with Gasteiger partial charge >= 0.3 is 6.18 Å². The van der Waals surface area contributed by atoms with Crippen LogP contribution in [0.5, 0.6) is 0 Å². The molecular formula is C18H21F3N2O. The molecular weight excluding hydrogens is 317 g/mol. The fourth-order valence-corrected chi connectivity index (χ4v) is 3.06. The van der Waals surface area contributed by atoms with Gasteiger partial charge in [0, 0.05) is 24.2 Å². The second kappa shape index (κ2) is 6.24. The lowest BCUT2D eigenvalue weighted by Gasteiger charge is -2.30. The lowest BCUT2D eigenvalue weighted by molar-refractivity contribution is -0.137. The zero-order valence-corrected chi connectivity index (χ0v) is 14.0. The molecule has 0 saturated heterocycles. The van der Waals surface area contributed by atoms with Crippen LogP contribution in [0.15, 0.2) is 28.8 Å². The lowest BCUT2D eigenvalue weighted by Crippen LogP contribution is -2.29. The molecule has 24 heavy (non-hydrogen) atoms. The maximum absolute atomic E-state index is 13.0. The van der Waals surface area contributed by atoms with Gasteiger partial charge in [-0.25, -0.2) is 0 Å². The summed E-state index contributed by atoms with van der Waals surface area (Å²) in [4.78, 5) is 2.25. The minimum Gasteiger partial charge on any atom is -0.361 e. The number of benzene rings is 1. The van der Waals surface area contributed by atoms with Gasteiger partial charge < -0.3 is 4.52 Å². The van der Waals surface area contributed by atoms with Crippen molar-refractivity contribution in [1.82, 2.24) is 10.1 Å². The summed E-state index contributed by atoms with van der Waals surface area (Å²) in [6, 6.07) is 5.93. The molecule has 1 aliphatic rings. The molecule has 1 aromatic carbocycles. The Morgan fingerprint density at radius 1 is 1.29 bits per heavy atom. The van der Waals surface area contributed by atoms with E-state index in [2.05, 4.69) is 10.1 Å². The van der Waals surface area contributed by atoms with Crippen molar-refractivity contribution in [1.29, 1.82) is 0 Å². The largest absolute Gasteiger partial charge is 0.416 e. The van der Waals surface area contributed by atoms with E-state index in [1.165, 1.54) is 12.1 Å². The van der Waals surface area contributed by atoms with Crippen LogP contribution in [0.4, 0.5) is 13.2 Å². The number of rotatable bonds is 5. The zero-order chi connectivity index (χ0) is 17.5. The fraction of sp³-hybridized carbons (Fsp3) is 0.500. The Morgan fingerprint density at radius 2 is 2.00 bits per heavy atom. The SMILES string of the molecule is Cc1noc(C)c1CN(C1CC1)C(C)c1cccc(C(F)(F)F)c1. The average Bonchev–Trinajstić information content (AvgIpc) is 3.32. The molecule has 1 unspecified atom stereocenters. The summed E-state index contributed by atoms with van der Waals surface area (Å²) >= 11 is 0. The Kier molecular flexibility index (Phi) is 4.42. The van der Waals surface area contributed by atoms with E-state index in [-0.39, 0.29) is 6.04 Å². The molecule has 1 fully saturated rings. The highest BCUT2D eigenvalue weighted by molar-refractivity contribution is 5.29. The number of alkyl halides is 3. The Bertz CT molecular complexity index is 700. The first kappa shape index (κ1) is 17.0. The number of hydrogen-bond donors (Lipinski definition) is 0. The van der Waals surface area contributed by atoms with E-state index in [0.717, 1.165) is 35.9 Å². The Morgan fingerprint density at radius 3 is 2.54 bits per heavy atom. The van der Waals surface area contributed by atoms with E-state index in [4.69, 9.17) is 4.52 Å². The number of nitrogens with zero attached hydrogens (tertiary/aromatic N) is 2. The molecule has 0 spiro atoms. The van der Waals surface area contributed by atoms with Crippen molar-refractivity contribution in [2.24, 2.45) is 0 Å². The van der Waals surface area contributed by atoms with Crippen molar-refractivity contribution in [3.05, 3.63) is 52.4 Å². The minimum absolute atomic E-state index is 0.103. The number of aromatic nitrogens is 1. The standard InChI is InChI=1S/C18H21F3N2O/c1-11-17(13(3)24-22-11)10-23(16-7-8-16)12(2)14-5-4-6-15(9-14)18(19,20)21/h4-6,9,12,16H,7-8,10H2,1-3H3. The summed E-state index contributed by atoms with van der Waals surface area (Å²) < 4.78 is 44.2. The van der Waals surface area contributed by atoms with Crippen LogP contribution >= 0.6 is 0 Å². The Balaban J connectivity index is 1.87. The van der Waals surface area contributed by atoms with Crippen molar-refractivity contribution in [3.8, 4) is 0 Å². The number of aryl methyl sites for hydroxylation is 2. The van der Waals surface area contributed by atoms with Crippen LogP contribution in [0.3, 0.4) is 0 Å². The van der Waals surface area contributed by atoms with Gasteiger partial charge in [-0.1, -0.05) is 17.3 Å². The molecule has 6 heteroatoms. The highest BCUT2D eigenvalue weighted by Crippen LogP contribution is 2.38. The van der Waals surface area contributed by atoms with Crippen LogP contribution < -0.4 is 0 Å². The van der Waals surface area contributed by atoms with Gasteiger partial charge in [0.1, 0.15) is 5.76 Å². The quantitative estimate of drug-likeness (QED) is 0.765. The van der Waals surface area contributed by atoms with Crippen LogP contribution in [0.25, 0.3) is 0 Å². The zero-order valence-electron chi connectivity index (χ0n) is 14.0. The summed E-state index contributed by atoms with van der Waals surface area (Å²) in [6.45, 7) is 6.37. The monoisotopic (exact) mass is 338 g/mol. The van der Waals surface area contributed by atoms with Crippen molar-refractivity contribution in [3.63, 3.8) is 0 Å². The topological polar surface area (TPSA) is 29.3 Å². The van der Waals surface area contributed by atoms with Gasteiger partial charge in [-0.3, -0.25) is 4.90 Å². The van der Waals surface area contributed by atoms with E-state index in [9.17, 15) is 13.2 Å². The highest BCUT2D eigenvalue weighted by atomic mass is 19.4. The van der Waals surface area contributed by atoms with E-state index in [1.54, 1.807) is 6.07 Å². The average molecular weight is 338 g/mol. The van der Waals surface area contributed by atoms with Crippen LogP contribution in [0, 0.1) is 13.8 Å². The Labute approximate surface area is 139 Å². The molecule has 1 aromatic heterocycles. The molecule has 1 aliphatic carbocycles. The molecule has 1 heterocycles. The Hall–Kier alpha value is -1.82. The normalized spacial score (nSPS) is 16.6. The maximum Gasteiger partial charge on any atom is 0.416 e. The van der Waals surface area contributed by atoms with Gasteiger partial charge in [-0.05, 0) is 51.3 Å². The van der Waals surface area contributed by atoms with Gasteiger partial charge in [-0.2, -0.15) is 13.2 Å². The van der Waals surface area contributed by atoms with E-state index >= 15 is 0 Å². The first-order valence-corrected chi connectivity index (χ1v) is 8.12. The van der Waals surface area contributed by atoms with E-state index in [0.29, 0.717) is 18.2 Å². The molecule has 3 rings (SSSR count). The smallest absolute Gasteiger partial charge is 0.361 e. The molecule has 0 amide bonds. The third-order valence-electron chi connectivity index (χ3n) is 4.73. The summed E-state index contributed by atoms with van der Waals surface area (Å²) in [5.41, 5.74) is 1.96. The van der Waals surface area contributed by atoms with Crippen molar-refractivity contribution in [2.45, 2.75) is 58.4 Å². The van der Waals surface area contributed by atoms with Crippen molar-refractivity contribution in [2.75, 3.05) is 0 Å². The van der Waals surface area contributed by atoms with Crippen LogP contribution in [0.1, 0.15) is 54.0 Å². The predicted molar refractivity (Wildman–Crippen MR) is 84.4 cm³/mol. The minimum atomic E-state index is -4.32. The molecule has 0 aliphatic heterocycles.